The van der Waals surface area contributed by atoms with Crippen LogP contribution in [0.4, 0.5) is 0 Å². The van der Waals surface area contributed by atoms with E-state index in [0.717, 1.165) is 0 Å². The molecule has 0 spiro atoms. The van der Waals surface area contributed by atoms with Gasteiger partial charge in [0.05, 0.1) is 36.5 Å². The molecular formula is C13H17N3O5. The van der Waals surface area contributed by atoms with Crippen LogP contribution in [0.15, 0.2) is 10.6 Å². The molecule has 2 heterocycles. The van der Waals surface area contributed by atoms with Crippen molar-refractivity contribution in [3.05, 3.63) is 23.0 Å². The maximum absolute atomic E-state index is 12.4. The summed E-state index contributed by atoms with van der Waals surface area (Å²) in [6.45, 7) is 1.59. The fourth-order valence-electron chi connectivity index (χ4n) is 1.97. The summed E-state index contributed by atoms with van der Waals surface area (Å²) in [6, 6.07) is 1.55. The molecule has 2 rings (SSSR count). The van der Waals surface area contributed by atoms with Gasteiger partial charge in [-0.15, -0.1) is 0 Å². The van der Waals surface area contributed by atoms with E-state index in [1.165, 1.54) is 0 Å². The highest BCUT2D eigenvalue weighted by Crippen LogP contribution is 2.22. The Labute approximate surface area is 120 Å². The number of hydrogen-bond acceptors (Lipinski definition) is 7. The minimum atomic E-state index is -1.49. The Morgan fingerprint density at radius 3 is 2.48 bits per heavy atom. The smallest absolute Gasteiger partial charge is 0.258 e. The molecule has 0 saturated heterocycles. The van der Waals surface area contributed by atoms with Crippen LogP contribution in [0.25, 0.3) is 11.1 Å². The third-order valence-electron chi connectivity index (χ3n) is 3.28. The van der Waals surface area contributed by atoms with Gasteiger partial charge in [0, 0.05) is 5.69 Å². The lowest BCUT2D eigenvalue weighted by Crippen LogP contribution is -2.57. The zero-order chi connectivity index (χ0) is 15.6. The maximum Gasteiger partial charge on any atom is 0.258 e. The van der Waals surface area contributed by atoms with Gasteiger partial charge in [0.2, 0.25) is 0 Å². The first-order valence-corrected chi connectivity index (χ1v) is 6.35. The van der Waals surface area contributed by atoms with Crippen molar-refractivity contribution in [1.82, 2.24) is 15.5 Å². The van der Waals surface area contributed by atoms with Crippen molar-refractivity contribution < 1.29 is 24.6 Å². The summed E-state index contributed by atoms with van der Waals surface area (Å²) in [4.78, 5) is 16.6. The number of nitrogens with one attached hydrogen (secondary N) is 1. The van der Waals surface area contributed by atoms with E-state index >= 15 is 0 Å². The standard InChI is InChI=1S/C13H17N3O5/c1-7-3-9(10-8(2)16-21-12(10)14-7)11(20)15-13(4-17,5-18)6-19/h3,17-19H,4-6H2,1-2H3,(H,15,20). The Kier molecular flexibility index (Phi) is 4.21. The molecule has 0 aliphatic rings. The molecule has 0 saturated carbocycles. The van der Waals surface area contributed by atoms with Crippen molar-refractivity contribution in [3.63, 3.8) is 0 Å². The lowest BCUT2D eigenvalue weighted by Gasteiger charge is -2.28. The lowest BCUT2D eigenvalue weighted by molar-refractivity contribution is 0.0376. The highest BCUT2D eigenvalue weighted by Gasteiger charge is 2.31. The number of carbonyl (C=O) groups is 1. The summed E-state index contributed by atoms with van der Waals surface area (Å²) in [5.74, 6) is -0.561. The molecule has 114 valence electrons. The monoisotopic (exact) mass is 295 g/mol. The van der Waals surface area contributed by atoms with Crippen LogP contribution < -0.4 is 5.32 Å². The maximum atomic E-state index is 12.4. The molecule has 2 aromatic rings. The van der Waals surface area contributed by atoms with Crippen LogP contribution in [-0.4, -0.2) is 56.7 Å². The molecule has 2 aromatic heterocycles. The average molecular weight is 295 g/mol. The second-order valence-electron chi connectivity index (χ2n) is 4.97. The predicted molar refractivity (Wildman–Crippen MR) is 72.7 cm³/mol. The normalized spacial score (nSPS) is 11.9. The highest BCUT2D eigenvalue weighted by molar-refractivity contribution is 6.06. The zero-order valence-corrected chi connectivity index (χ0v) is 11.8. The van der Waals surface area contributed by atoms with Crippen LogP contribution in [0.2, 0.25) is 0 Å². The molecule has 4 N–H and O–H groups in total. The van der Waals surface area contributed by atoms with Gasteiger partial charge in [0.25, 0.3) is 11.6 Å². The van der Waals surface area contributed by atoms with Gasteiger partial charge in [-0.25, -0.2) is 4.98 Å². The van der Waals surface area contributed by atoms with Gasteiger partial charge in [0.1, 0.15) is 5.54 Å². The van der Waals surface area contributed by atoms with Gasteiger partial charge in [-0.3, -0.25) is 4.79 Å². The van der Waals surface area contributed by atoms with Crippen LogP contribution >= 0.6 is 0 Å². The number of pyridine rings is 1. The Hall–Kier alpha value is -2.03. The number of carbonyl (C=O) groups excluding carboxylic acids is 1. The minimum absolute atomic E-state index is 0.236. The number of nitrogens with zero attached hydrogens (tertiary/aromatic N) is 2. The number of fused-ring (bicyclic) bond motifs is 1. The summed E-state index contributed by atoms with van der Waals surface area (Å²) < 4.78 is 5.04. The summed E-state index contributed by atoms with van der Waals surface area (Å²) in [6.07, 6.45) is 0. The summed E-state index contributed by atoms with van der Waals surface area (Å²) >= 11 is 0. The molecule has 21 heavy (non-hydrogen) atoms. The second-order valence-corrected chi connectivity index (χ2v) is 4.97. The summed E-state index contributed by atoms with van der Waals surface area (Å²) in [5, 5.41) is 34.5. The van der Waals surface area contributed by atoms with Crippen LogP contribution in [-0.2, 0) is 0 Å². The van der Waals surface area contributed by atoms with Gasteiger partial charge < -0.3 is 25.2 Å². The third-order valence-corrected chi connectivity index (χ3v) is 3.28. The molecule has 0 atom stereocenters. The fourth-order valence-corrected chi connectivity index (χ4v) is 1.97. The number of rotatable bonds is 5. The van der Waals surface area contributed by atoms with E-state index in [0.29, 0.717) is 16.8 Å². The van der Waals surface area contributed by atoms with Gasteiger partial charge in [-0.1, -0.05) is 5.16 Å². The molecule has 0 aliphatic carbocycles. The quantitative estimate of drug-likeness (QED) is 0.573. The minimum Gasteiger partial charge on any atom is -0.394 e. The van der Waals surface area contributed by atoms with Crippen molar-refractivity contribution in [2.45, 2.75) is 19.4 Å². The van der Waals surface area contributed by atoms with Crippen molar-refractivity contribution in [3.8, 4) is 0 Å². The van der Waals surface area contributed by atoms with Crippen LogP contribution in [0, 0.1) is 13.8 Å². The van der Waals surface area contributed by atoms with E-state index in [4.69, 9.17) is 4.52 Å². The van der Waals surface area contributed by atoms with E-state index in [2.05, 4.69) is 15.5 Å². The third kappa shape index (κ3) is 2.73. The molecule has 0 unspecified atom stereocenters. The number of aliphatic hydroxyl groups excluding tert-OH is 3. The number of hydrogen-bond donors (Lipinski definition) is 4. The Bertz CT molecular complexity index is 655. The van der Waals surface area contributed by atoms with Crippen molar-refractivity contribution in [2.75, 3.05) is 19.8 Å². The van der Waals surface area contributed by atoms with Crippen molar-refractivity contribution in [1.29, 1.82) is 0 Å². The van der Waals surface area contributed by atoms with Gasteiger partial charge in [-0.2, -0.15) is 0 Å². The largest absolute Gasteiger partial charge is 0.394 e. The Balaban J connectivity index is 2.46. The summed E-state index contributed by atoms with van der Waals surface area (Å²) in [5.41, 5.74) is 0.0684. The van der Waals surface area contributed by atoms with E-state index in [9.17, 15) is 20.1 Å². The summed E-state index contributed by atoms with van der Waals surface area (Å²) in [7, 11) is 0. The van der Waals surface area contributed by atoms with Gasteiger partial charge in [0.15, 0.2) is 0 Å². The molecule has 0 radical (unpaired) electrons. The van der Waals surface area contributed by atoms with Crippen molar-refractivity contribution >= 4 is 17.0 Å². The average Bonchev–Trinajstić information content (AvgIpc) is 2.85. The second kappa shape index (κ2) is 5.76. The lowest BCUT2D eigenvalue weighted by atomic mass is 10.0. The molecule has 8 heteroatoms. The van der Waals surface area contributed by atoms with E-state index in [-0.39, 0.29) is 11.3 Å². The molecule has 0 fully saturated rings. The van der Waals surface area contributed by atoms with Crippen LogP contribution in [0.1, 0.15) is 21.7 Å². The molecule has 8 nitrogen and oxygen atoms in total. The molecule has 0 aromatic carbocycles. The topological polar surface area (TPSA) is 129 Å². The van der Waals surface area contributed by atoms with Crippen LogP contribution in [0.5, 0.6) is 0 Å². The number of aryl methyl sites for hydroxylation is 2. The number of aliphatic hydroxyl groups is 3. The first-order valence-electron chi connectivity index (χ1n) is 6.35. The van der Waals surface area contributed by atoms with E-state index < -0.39 is 31.3 Å². The number of aromatic nitrogens is 2. The highest BCUT2D eigenvalue weighted by atomic mass is 16.5. The van der Waals surface area contributed by atoms with E-state index in [1.54, 1.807) is 19.9 Å². The Morgan fingerprint density at radius 2 is 1.90 bits per heavy atom. The van der Waals surface area contributed by atoms with Gasteiger partial charge >= 0.3 is 0 Å². The first kappa shape index (κ1) is 15.4. The van der Waals surface area contributed by atoms with Crippen molar-refractivity contribution in [2.24, 2.45) is 0 Å². The molecule has 1 amide bonds. The molecule has 0 bridgehead atoms. The molecule has 0 aliphatic heterocycles. The SMILES string of the molecule is Cc1cc(C(=O)NC(CO)(CO)CO)c2c(C)noc2n1. The van der Waals surface area contributed by atoms with Gasteiger partial charge in [-0.05, 0) is 19.9 Å². The number of amides is 1. The Morgan fingerprint density at radius 1 is 1.29 bits per heavy atom. The molecular weight excluding hydrogens is 278 g/mol. The first-order chi connectivity index (χ1) is 9.96. The zero-order valence-electron chi connectivity index (χ0n) is 11.8. The predicted octanol–water partition coefficient (Wildman–Crippen LogP) is -0.715. The van der Waals surface area contributed by atoms with E-state index in [1.807, 2.05) is 0 Å². The fraction of sp³-hybridized carbons (Fsp3) is 0.462. The van der Waals surface area contributed by atoms with Crippen LogP contribution in [0.3, 0.4) is 0 Å².